The highest BCUT2D eigenvalue weighted by molar-refractivity contribution is 5.77. The molecular weight excluding hydrogens is 707 g/mol. The van der Waals surface area contributed by atoms with Crippen LogP contribution in [0, 0.1) is 0 Å². The van der Waals surface area contributed by atoms with E-state index >= 15 is 0 Å². The van der Waals surface area contributed by atoms with Crippen molar-refractivity contribution in [3.05, 3.63) is 85.1 Å². The second kappa shape index (κ2) is 44.1. The second-order valence-electron chi connectivity index (χ2n) is 15.6. The van der Waals surface area contributed by atoms with Gasteiger partial charge in [0.1, 0.15) is 6.10 Å². The summed E-state index contributed by atoms with van der Waals surface area (Å²) < 4.78 is 5.86. The van der Waals surface area contributed by atoms with E-state index in [1.165, 1.54) is 77.0 Å². The molecule has 3 N–H and O–H groups in total. The maximum atomic E-state index is 13.1. The number of aliphatic hydroxyl groups excluding tert-OH is 2. The highest BCUT2D eigenvalue weighted by Crippen LogP contribution is 2.17. The number of nitrogens with one attached hydrogen (secondary N) is 1. The lowest BCUT2D eigenvalue weighted by Crippen LogP contribution is -2.46. The molecule has 0 aliphatic carbocycles. The van der Waals surface area contributed by atoms with E-state index in [-0.39, 0.29) is 24.9 Å². The zero-order valence-electron chi connectivity index (χ0n) is 36.9. The molecule has 0 fully saturated rings. The first kappa shape index (κ1) is 54.0. The van der Waals surface area contributed by atoms with Gasteiger partial charge in [0.2, 0.25) is 5.91 Å². The normalized spacial score (nSPS) is 14.1. The Kier molecular flexibility index (Phi) is 41.9. The number of amides is 1. The minimum Gasteiger partial charge on any atom is -0.462 e. The van der Waals surface area contributed by atoms with E-state index < -0.39 is 18.2 Å². The van der Waals surface area contributed by atoms with Gasteiger partial charge in [-0.05, 0) is 64.2 Å². The molecule has 0 saturated heterocycles. The van der Waals surface area contributed by atoms with E-state index in [1.54, 1.807) is 0 Å². The van der Waals surface area contributed by atoms with Crippen LogP contribution < -0.4 is 5.32 Å². The molecule has 3 atom stereocenters. The Hall–Kier alpha value is -2.96. The predicted octanol–water partition coefficient (Wildman–Crippen LogP) is 13.6. The molecule has 0 rings (SSSR count). The zero-order valence-corrected chi connectivity index (χ0v) is 36.9. The number of carbonyl (C=O) groups is 2. The predicted molar refractivity (Wildman–Crippen MR) is 245 cm³/mol. The van der Waals surface area contributed by atoms with E-state index in [1.807, 2.05) is 54.7 Å². The van der Waals surface area contributed by atoms with Crippen LogP contribution in [0.2, 0.25) is 0 Å². The van der Waals surface area contributed by atoms with Crippen LogP contribution >= 0.6 is 0 Å². The fourth-order valence-electron chi connectivity index (χ4n) is 6.57. The number of hydrogen-bond acceptors (Lipinski definition) is 5. The van der Waals surface area contributed by atoms with Crippen LogP contribution in [-0.2, 0) is 14.3 Å². The van der Waals surface area contributed by atoms with Crippen LogP contribution in [-0.4, -0.2) is 46.9 Å². The lowest BCUT2D eigenvalue weighted by atomic mass is 10.0. The Labute approximate surface area is 351 Å². The number of allylic oxidation sites excluding steroid dienone is 14. The fraction of sp³-hybridized carbons (Fsp3) is 0.686. The van der Waals surface area contributed by atoms with Gasteiger partial charge in [-0.3, -0.25) is 9.59 Å². The smallest absolute Gasteiger partial charge is 0.306 e. The van der Waals surface area contributed by atoms with Gasteiger partial charge < -0.3 is 20.3 Å². The van der Waals surface area contributed by atoms with Gasteiger partial charge in [0.25, 0.3) is 0 Å². The quantitative estimate of drug-likeness (QED) is 0.0326. The van der Waals surface area contributed by atoms with Crippen molar-refractivity contribution in [3.8, 4) is 0 Å². The van der Waals surface area contributed by atoms with Gasteiger partial charge >= 0.3 is 5.97 Å². The van der Waals surface area contributed by atoms with Crippen molar-refractivity contribution < 1.29 is 24.5 Å². The number of carbonyl (C=O) groups excluding carboxylic acids is 2. The van der Waals surface area contributed by atoms with Crippen molar-refractivity contribution in [3.63, 3.8) is 0 Å². The number of unbranched alkanes of at least 4 members (excludes halogenated alkanes) is 19. The molecule has 0 aromatic carbocycles. The molecule has 57 heavy (non-hydrogen) atoms. The first-order chi connectivity index (χ1) is 28.0. The van der Waals surface area contributed by atoms with E-state index in [0.29, 0.717) is 25.7 Å². The number of ether oxygens (including phenoxy) is 1. The van der Waals surface area contributed by atoms with Crippen LogP contribution in [0.3, 0.4) is 0 Å². The summed E-state index contributed by atoms with van der Waals surface area (Å²) >= 11 is 0. The molecule has 326 valence electrons. The van der Waals surface area contributed by atoms with Crippen molar-refractivity contribution in [1.82, 2.24) is 5.32 Å². The van der Waals surface area contributed by atoms with Crippen molar-refractivity contribution in [2.75, 3.05) is 6.61 Å². The molecule has 6 nitrogen and oxygen atoms in total. The monoisotopic (exact) mass is 794 g/mol. The van der Waals surface area contributed by atoms with Crippen LogP contribution in [0.15, 0.2) is 85.1 Å². The molecule has 0 aliphatic rings. The summed E-state index contributed by atoms with van der Waals surface area (Å²) in [6, 6.07) is -0.725. The van der Waals surface area contributed by atoms with Crippen molar-refractivity contribution >= 4 is 11.9 Å². The maximum absolute atomic E-state index is 13.1. The molecule has 0 saturated carbocycles. The molecule has 3 unspecified atom stereocenters. The first-order valence-electron chi connectivity index (χ1n) is 23.4. The summed E-state index contributed by atoms with van der Waals surface area (Å²) in [5, 5.41) is 23.6. The lowest BCUT2D eigenvalue weighted by molar-refractivity contribution is -0.151. The Morgan fingerprint density at radius 2 is 0.947 bits per heavy atom. The minimum atomic E-state index is -0.808. The largest absolute Gasteiger partial charge is 0.462 e. The highest BCUT2D eigenvalue weighted by Gasteiger charge is 2.24. The van der Waals surface area contributed by atoms with E-state index in [4.69, 9.17) is 4.74 Å². The Bertz CT molecular complexity index is 1120. The first-order valence-corrected chi connectivity index (χ1v) is 23.4. The molecular formula is C51H87NO5. The summed E-state index contributed by atoms with van der Waals surface area (Å²) in [5.41, 5.74) is 0. The summed E-state index contributed by atoms with van der Waals surface area (Å²) in [4.78, 5) is 26.0. The fourth-order valence-corrected chi connectivity index (χ4v) is 6.57. The molecule has 6 heteroatoms. The Morgan fingerprint density at radius 3 is 1.49 bits per heavy atom. The third kappa shape index (κ3) is 39.6. The van der Waals surface area contributed by atoms with E-state index in [0.717, 1.165) is 70.6 Å². The molecule has 0 aromatic heterocycles. The SMILES string of the molecule is CC/C=C/C=C/C=C\C=C/C=C/CCCC(=O)OC(CCCCCC/C=C/C=C/CCCCC)CC(=O)NC(CO)C(O)CCCCCCCCCCCCCC. The number of aliphatic hydroxyl groups is 2. The molecule has 0 bridgehead atoms. The average molecular weight is 794 g/mol. The highest BCUT2D eigenvalue weighted by atomic mass is 16.5. The van der Waals surface area contributed by atoms with Gasteiger partial charge in [-0.15, -0.1) is 0 Å². The van der Waals surface area contributed by atoms with Crippen molar-refractivity contribution in [1.29, 1.82) is 0 Å². The lowest BCUT2D eigenvalue weighted by Gasteiger charge is -2.24. The van der Waals surface area contributed by atoms with Gasteiger partial charge in [-0.2, -0.15) is 0 Å². The van der Waals surface area contributed by atoms with Gasteiger partial charge in [-0.1, -0.05) is 209 Å². The topological polar surface area (TPSA) is 95.9 Å². The molecule has 0 spiro atoms. The average Bonchev–Trinajstić information content (AvgIpc) is 3.20. The zero-order chi connectivity index (χ0) is 41.7. The second-order valence-corrected chi connectivity index (χ2v) is 15.6. The Morgan fingerprint density at radius 1 is 0.526 bits per heavy atom. The Balaban J connectivity index is 4.76. The summed E-state index contributed by atoms with van der Waals surface area (Å²) in [5.74, 6) is -0.590. The minimum absolute atomic E-state index is 0.0309. The third-order valence-electron chi connectivity index (χ3n) is 10.1. The van der Waals surface area contributed by atoms with E-state index in [2.05, 4.69) is 56.5 Å². The third-order valence-corrected chi connectivity index (χ3v) is 10.1. The van der Waals surface area contributed by atoms with Crippen molar-refractivity contribution in [2.24, 2.45) is 0 Å². The van der Waals surface area contributed by atoms with Gasteiger partial charge in [0.15, 0.2) is 0 Å². The number of esters is 1. The van der Waals surface area contributed by atoms with Crippen LogP contribution in [0.5, 0.6) is 0 Å². The summed E-state index contributed by atoms with van der Waals surface area (Å²) in [6.07, 6.45) is 56.4. The van der Waals surface area contributed by atoms with Gasteiger partial charge in [0.05, 0.1) is 25.2 Å². The maximum Gasteiger partial charge on any atom is 0.306 e. The standard InChI is InChI=1S/C51H87NO5/c1-4-7-10-13-16-19-22-25-27-30-33-36-39-42-47(57-51(56)44-41-38-35-32-29-26-23-20-17-14-11-8-5-2)45-50(55)52-48(46-53)49(54)43-40-37-34-31-28-24-21-18-15-12-9-6-3/h8,11,14,16-17,19-20,22-23,25-26,29,32,35,47-49,53-54H,4-7,9-10,12-13,15,18,21,24,27-28,30-31,33-34,36-46H2,1-3H3,(H,52,55)/b11-8+,17-14+,19-16+,23-20-,25-22+,29-26-,35-32+. The van der Waals surface area contributed by atoms with Gasteiger partial charge in [0, 0.05) is 6.42 Å². The van der Waals surface area contributed by atoms with Crippen LogP contribution in [0.25, 0.3) is 0 Å². The molecule has 0 radical (unpaired) electrons. The molecule has 0 heterocycles. The summed E-state index contributed by atoms with van der Waals surface area (Å²) in [7, 11) is 0. The van der Waals surface area contributed by atoms with E-state index in [9.17, 15) is 19.8 Å². The number of hydrogen-bond donors (Lipinski definition) is 3. The molecule has 1 amide bonds. The summed E-state index contributed by atoms with van der Waals surface area (Å²) in [6.45, 7) is 6.26. The molecule has 0 aliphatic heterocycles. The van der Waals surface area contributed by atoms with Crippen molar-refractivity contribution in [2.45, 2.75) is 219 Å². The number of rotatable bonds is 40. The van der Waals surface area contributed by atoms with Gasteiger partial charge in [-0.25, -0.2) is 0 Å². The van der Waals surface area contributed by atoms with Crippen LogP contribution in [0.1, 0.15) is 201 Å². The van der Waals surface area contributed by atoms with Crippen LogP contribution in [0.4, 0.5) is 0 Å². The molecule has 0 aromatic rings.